The average molecular weight is 430 g/mol. The van der Waals surface area contributed by atoms with Gasteiger partial charge in [0.15, 0.2) is 11.6 Å². The standard InChI is InChI=1S/C23H22N6O3/c1-15-10-11-29(28-15)22-9-8-21(26-27-22)24-17-4-6-18(7-5-17)25-23(30)16-12-19(31-2)14-20(13-16)32-3/h4-14H,1-3H3,(H,24,26)(H,25,30). The molecule has 0 aliphatic carbocycles. The third-order valence-electron chi connectivity index (χ3n) is 4.64. The van der Waals surface area contributed by atoms with Gasteiger partial charge in [-0.3, -0.25) is 4.79 Å². The Morgan fingerprint density at radius 3 is 2.12 bits per heavy atom. The van der Waals surface area contributed by atoms with Gasteiger partial charge in [-0.25, -0.2) is 4.68 Å². The van der Waals surface area contributed by atoms with E-state index in [1.807, 2.05) is 43.5 Å². The van der Waals surface area contributed by atoms with Crippen molar-refractivity contribution in [1.82, 2.24) is 20.0 Å². The van der Waals surface area contributed by atoms with Gasteiger partial charge in [-0.2, -0.15) is 5.10 Å². The highest BCUT2D eigenvalue weighted by atomic mass is 16.5. The van der Waals surface area contributed by atoms with E-state index in [0.717, 1.165) is 11.4 Å². The fourth-order valence-corrected chi connectivity index (χ4v) is 2.98. The molecule has 2 aromatic carbocycles. The topological polar surface area (TPSA) is 103 Å². The minimum absolute atomic E-state index is 0.266. The predicted molar refractivity (Wildman–Crippen MR) is 121 cm³/mol. The number of carbonyl (C=O) groups excluding carboxylic acids is 1. The van der Waals surface area contributed by atoms with E-state index in [1.54, 1.807) is 49.2 Å². The highest BCUT2D eigenvalue weighted by Crippen LogP contribution is 2.24. The number of nitrogens with zero attached hydrogens (tertiary/aromatic N) is 4. The number of rotatable bonds is 7. The molecule has 9 heteroatoms. The van der Waals surface area contributed by atoms with Crippen molar-refractivity contribution in [3.05, 3.63) is 78.1 Å². The normalized spacial score (nSPS) is 10.5. The van der Waals surface area contributed by atoms with Gasteiger partial charge in [-0.1, -0.05) is 0 Å². The Labute approximate surface area is 185 Å². The summed E-state index contributed by atoms with van der Waals surface area (Å²) in [5.74, 6) is 2.06. The largest absolute Gasteiger partial charge is 0.497 e. The van der Waals surface area contributed by atoms with Gasteiger partial charge in [0, 0.05) is 29.2 Å². The van der Waals surface area contributed by atoms with E-state index in [9.17, 15) is 4.79 Å². The summed E-state index contributed by atoms with van der Waals surface area (Å²) < 4.78 is 12.1. The number of benzene rings is 2. The van der Waals surface area contributed by atoms with Crippen LogP contribution in [0.2, 0.25) is 0 Å². The summed E-state index contributed by atoms with van der Waals surface area (Å²) in [4.78, 5) is 12.6. The number of ether oxygens (including phenoxy) is 2. The SMILES string of the molecule is COc1cc(OC)cc(C(=O)Nc2ccc(Nc3ccc(-n4ccc(C)n4)nn3)cc2)c1. The molecule has 0 radical (unpaired) electrons. The molecule has 0 unspecified atom stereocenters. The first-order chi connectivity index (χ1) is 15.5. The van der Waals surface area contributed by atoms with E-state index >= 15 is 0 Å². The molecule has 4 rings (SSSR count). The van der Waals surface area contributed by atoms with E-state index in [2.05, 4.69) is 25.9 Å². The summed E-state index contributed by atoms with van der Waals surface area (Å²) in [5.41, 5.74) is 2.80. The van der Waals surface area contributed by atoms with E-state index in [0.29, 0.717) is 34.4 Å². The first-order valence-corrected chi connectivity index (χ1v) is 9.82. The third-order valence-corrected chi connectivity index (χ3v) is 4.64. The minimum Gasteiger partial charge on any atom is -0.497 e. The second-order valence-electron chi connectivity index (χ2n) is 6.94. The van der Waals surface area contributed by atoms with Crippen LogP contribution in [0.4, 0.5) is 17.2 Å². The molecule has 2 aromatic heterocycles. The molecule has 9 nitrogen and oxygen atoms in total. The highest BCUT2D eigenvalue weighted by Gasteiger charge is 2.10. The fourth-order valence-electron chi connectivity index (χ4n) is 2.98. The minimum atomic E-state index is -0.266. The molecule has 0 spiro atoms. The van der Waals surface area contributed by atoms with Crippen LogP contribution in [-0.4, -0.2) is 40.1 Å². The Kier molecular flexibility index (Phi) is 5.98. The smallest absolute Gasteiger partial charge is 0.255 e. The molecular formula is C23H22N6O3. The molecule has 4 aromatic rings. The van der Waals surface area contributed by atoms with Gasteiger partial charge in [0.2, 0.25) is 0 Å². The number of hydrogen-bond acceptors (Lipinski definition) is 7. The molecule has 0 bridgehead atoms. The van der Waals surface area contributed by atoms with Crippen molar-refractivity contribution >= 4 is 23.1 Å². The van der Waals surface area contributed by atoms with Crippen molar-refractivity contribution in [2.45, 2.75) is 6.92 Å². The van der Waals surface area contributed by atoms with Gasteiger partial charge in [0.25, 0.3) is 5.91 Å². The molecule has 2 heterocycles. The maximum Gasteiger partial charge on any atom is 0.255 e. The van der Waals surface area contributed by atoms with Crippen molar-refractivity contribution in [3.63, 3.8) is 0 Å². The van der Waals surface area contributed by atoms with Crippen LogP contribution in [-0.2, 0) is 0 Å². The number of anilines is 3. The summed E-state index contributed by atoms with van der Waals surface area (Å²) in [7, 11) is 3.08. The Balaban J connectivity index is 1.40. The maximum atomic E-state index is 12.6. The van der Waals surface area contributed by atoms with Crippen molar-refractivity contribution in [2.75, 3.05) is 24.9 Å². The first-order valence-electron chi connectivity index (χ1n) is 9.82. The van der Waals surface area contributed by atoms with Gasteiger partial charge >= 0.3 is 0 Å². The van der Waals surface area contributed by atoms with Crippen molar-refractivity contribution in [2.24, 2.45) is 0 Å². The lowest BCUT2D eigenvalue weighted by Gasteiger charge is -2.10. The number of carbonyl (C=O) groups is 1. The predicted octanol–water partition coefficient (Wildman–Crippen LogP) is 3.98. The number of aryl methyl sites for hydroxylation is 1. The Morgan fingerprint density at radius 2 is 1.56 bits per heavy atom. The molecular weight excluding hydrogens is 408 g/mol. The van der Waals surface area contributed by atoms with Crippen molar-refractivity contribution in [1.29, 1.82) is 0 Å². The first kappa shape index (κ1) is 20.9. The monoisotopic (exact) mass is 430 g/mol. The number of amides is 1. The molecule has 32 heavy (non-hydrogen) atoms. The second-order valence-corrected chi connectivity index (χ2v) is 6.94. The summed E-state index contributed by atoms with van der Waals surface area (Å²) >= 11 is 0. The summed E-state index contributed by atoms with van der Waals surface area (Å²) in [5, 5.41) is 18.7. The lowest BCUT2D eigenvalue weighted by atomic mass is 10.1. The third kappa shape index (κ3) is 4.84. The van der Waals surface area contributed by atoms with Crippen molar-refractivity contribution < 1.29 is 14.3 Å². The maximum absolute atomic E-state index is 12.6. The molecule has 0 aliphatic rings. The van der Waals surface area contributed by atoms with Crippen LogP contribution in [0.1, 0.15) is 16.1 Å². The zero-order valence-electron chi connectivity index (χ0n) is 17.9. The second kappa shape index (κ2) is 9.17. The van der Waals surface area contributed by atoms with Gasteiger partial charge in [0.05, 0.1) is 19.9 Å². The van der Waals surface area contributed by atoms with Crippen LogP contribution in [0.25, 0.3) is 5.82 Å². The molecule has 0 saturated heterocycles. The van der Waals surface area contributed by atoms with Gasteiger partial charge in [0.1, 0.15) is 11.5 Å². The molecule has 1 amide bonds. The lowest BCUT2D eigenvalue weighted by molar-refractivity contribution is 0.102. The fraction of sp³-hybridized carbons (Fsp3) is 0.130. The lowest BCUT2D eigenvalue weighted by Crippen LogP contribution is -2.12. The molecule has 0 atom stereocenters. The van der Waals surface area contributed by atoms with E-state index in [-0.39, 0.29) is 5.91 Å². The summed E-state index contributed by atoms with van der Waals surface area (Å²) in [6, 6.07) is 17.9. The molecule has 2 N–H and O–H groups in total. The summed E-state index contributed by atoms with van der Waals surface area (Å²) in [6.45, 7) is 1.92. The quantitative estimate of drug-likeness (QED) is 0.457. The Hall–Kier alpha value is -4.40. The highest BCUT2D eigenvalue weighted by molar-refractivity contribution is 6.04. The molecule has 0 fully saturated rings. The molecule has 162 valence electrons. The molecule has 0 saturated carbocycles. The number of methoxy groups -OCH3 is 2. The molecule has 0 aliphatic heterocycles. The Morgan fingerprint density at radius 1 is 0.875 bits per heavy atom. The van der Waals surface area contributed by atoms with Gasteiger partial charge in [-0.15, -0.1) is 10.2 Å². The van der Waals surface area contributed by atoms with E-state index < -0.39 is 0 Å². The van der Waals surface area contributed by atoms with Gasteiger partial charge in [-0.05, 0) is 61.5 Å². The van der Waals surface area contributed by atoms with Gasteiger partial charge < -0.3 is 20.1 Å². The van der Waals surface area contributed by atoms with Crippen LogP contribution in [0.15, 0.2) is 66.9 Å². The summed E-state index contributed by atoms with van der Waals surface area (Å²) in [6.07, 6.45) is 1.83. The van der Waals surface area contributed by atoms with Crippen molar-refractivity contribution in [3.8, 4) is 17.3 Å². The van der Waals surface area contributed by atoms with Crippen LogP contribution in [0.5, 0.6) is 11.5 Å². The van der Waals surface area contributed by atoms with E-state index in [4.69, 9.17) is 9.47 Å². The van der Waals surface area contributed by atoms with E-state index in [1.165, 1.54) is 0 Å². The Bertz CT molecular complexity index is 1200. The van der Waals surface area contributed by atoms with Crippen LogP contribution >= 0.6 is 0 Å². The zero-order valence-corrected chi connectivity index (χ0v) is 17.9. The average Bonchev–Trinajstić information content (AvgIpc) is 3.26. The number of aromatic nitrogens is 4. The van der Waals surface area contributed by atoms with Crippen LogP contribution in [0.3, 0.4) is 0 Å². The zero-order chi connectivity index (χ0) is 22.5. The van der Waals surface area contributed by atoms with Crippen LogP contribution < -0.4 is 20.1 Å². The number of nitrogens with one attached hydrogen (secondary N) is 2. The van der Waals surface area contributed by atoms with Crippen LogP contribution in [0, 0.1) is 6.92 Å². The number of hydrogen-bond donors (Lipinski definition) is 2.